The fourth-order valence-corrected chi connectivity index (χ4v) is 3.61. The van der Waals surface area contributed by atoms with Crippen LogP contribution in [0.2, 0.25) is 0 Å². The Morgan fingerprint density at radius 3 is 2.76 bits per heavy atom. The van der Waals surface area contributed by atoms with Crippen LogP contribution in [0, 0.1) is 0 Å². The lowest BCUT2D eigenvalue weighted by atomic mass is 10.1. The Labute approximate surface area is 151 Å². The maximum atomic E-state index is 12.4. The summed E-state index contributed by atoms with van der Waals surface area (Å²) in [6, 6.07) is 5.54. The van der Waals surface area contributed by atoms with E-state index < -0.39 is 0 Å². The SMILES string of the molecule is COc1ccc(OC)c(Nc2nc(CC(=O)N3CCCCC3)cs2)c1. The summed E-state index contributed by atoms with van der Waals surface area (Å²) in [6.45, 7) is 1.74. The maximum Gasteiger partial charge on any atom is 0.228 e. The molecule has 0 radical (unpaired) electrons. The number of amides is 1. The molecule has 2 aromatic rings. The van der Waals surface area contributed by atoms with E-state index >= 15 is 0 Å². The molecule has 7 heteroatoms. The minimum absolute atomic E-state index is 0.163. The Balaban J connectivity index is 1.66. The lowest BCUT2D eigenvalue weighted by Crippen LogP contribution is -2.36. The third-order valence-corrected chi connectivity index (χ3v) is 5.05. The zero-order chi connectivity index (χ0) is 17.6. The molecule has 1 amide bonds. The number of carbonyl (C=O) groups is 1. The van der Waals surface area contributed by atoms with Crippen LogP contribution in [0.3, 0.4) is 0 Å². The number of rotatable bonds is 6. The molecule has 1 aromatic heterocycles. The van der Waals surface area contributed by atoms with Crippen LogP contribution in [0.1, 0.15) is 25.0 Å². The second-order valence-electron chi connectivity index (χ2n) is 5.95. The number of anilines is 2. The van der Waals surface area contributed by atoms with Gasteiger partial charge in [0.05, 0.1) is 32.0 Å². The summed E-state index contributed by atoms with van der Waals surface area (Å²) in [5, 5.41) is 5.91. The average molecular weight is 361 g/mol. The van der Waals surface area contributed by atoms with Gasteiger partial charge in [0.1, 0.15) is 11.5 Å². The summed E-state index contributed by atoms with van der Waals surface area (Å²) in [4.78, 5) is 18.8. The molecule has 1 aliphatic heterocycles. The van der Waals surface area contributed by atoms with E-state index in [1.807, 2.05) is 28.5 Å². The normalized spacial score (nSPS) is 14.2. The topological polar surface area (TPSA) is 63.7 Å². The van der Waals surface area contributed by atoms with Crippen molar-refractivity contribution in [1.82, 2.24) is 9.88 Å². The molecule has 1 aliphatic rings. The summed E-state index contributed by atoms with van der Waals surface area (Å²) in [5.41, 5.74) is 1.58. The summed E-state index contributed by atoms with van der Waals surface area (Å²) in [7, 11) is 3.25. The van der Waals surface area contributed by atoms with Gasteiger partial charge in [-0.3, -0.25) is 4.79 Å². The summed E-state index contributed by atoms with van der Waals surface area (Å²) < 4.78 is 10.6. The minimum atomic E-state index is 0.163. The number of ether oxygens (including phenoxy) is 2. The molecule has 134 valence electrons. The number of carbonyl (C=O) groups excluding carboxylic acids is 1. The molecule has 0 bridgehead atoms. The van der Waals surface area contributed by atoms with Crippen LogP contribution in [0.4, 0.5) is 10.8 Å². The highest BCUT2D eigenvalue weighted by molar-refractivity contribution is 7.13. The molecule has 6 nitrogen and oxygen atoms in total. The number of nitrogens with zero attached hydrogens (tertiary/aromatic N) is 2. The number of nitrogens with one attached hydrogen (secondary N) is 1. The first-order chi connectivity index (χ1) is 12.2. The smallest absolute Gasteiger partial charge is 0.228 e. The lowest BCUT2D eigenvalue weighted by molar-refractivity contribution is -0.131. The van der Waals surface area contributed by atoms with Gasteiger partial charge in [0, 0.05) is 24.5 Å². The summed E-state index contributed by atoms with van der Waals surface area (Å²) in [5.74, 6) is 1.61. The molecule has 1 N–H and O–H groups in total. The van der Waals surface area contributed by atoms with Gasteiger partial charge >= 0.3 is 0 Å². The molecule has 1 aromatic carbocycles. The van der Waals surface area contributed by atoms with Crippen LogP contribution in [0.15, 0.2) is 23.6 Å². The first-order valence-corrected chi connectivity index (χ1v) is 9.29. The molecule has 0 saturated carbocycles. The number of aromatic nitrogens is 1. The van der Waals surface area contributed by atoms with E-state index in [4.69, 9.17) is 9.47 Å². The van der Waals surface area contributed by atoms with Crippen molar-refractivity contribution in [3.05, 3.63) is 29.3 Å². The van der Waals surface area contributed by atoms with E-state index in [0.29, 0.717) is 12.2 Å². The Morgan fingerprint density at radius 1 is 1.24 bits per heavy atom. The number of thiazole rings is 1. The standard InChI is InChI=1S/C18H23N3O3S/c1-23-14-6-7-16(24-2)15(11-14)20-18-19-13(12-25-18)10-17(22)21-8-4-3-5-9-21/h6-7,11-12H,3-5,8-10H2,1-2H3,(H,19,20). The molecule has 1 saturated heterocycles. The van der Waals surface area contributed by atoms with Crippen LogP contribution in [-0.4, -0.2) is 43.1 Å². The molecule has 2 heterocycles. The van der Waals surface area contributed by atoms with Crippen LogP contribution in [-0.2, 0) is 11.2 Å². The zero-order valence-electron chi connectivity index (χ0n) is 14.6. The van der Waals surface area contributed by atoms with E-state index in [2.05, 4.69) is 10.3 Å². The second-order valence-corrected chi connectivity index (χ2v) is 6.81. The summed E-state index contributed by atoms with van der Waals surface area (Å²) >= 11 is 1.48. The predicted octanol–water partition coefficient (Wildman–Crippen LogP) is 3.46. The van der Waals surface area contributed by atoms with Crippen molar-refractivity contribution in [3.63, 3.8) is 0 Å². The van der Waals surface area contributed by atoms with Crippen molar-refractivity contribution in [3.8, 4) is 11.5 Å². The van der Waals surface area contributed by atoms with Crippen molar-refractivity contribution < 1.29 is 14.3 Å². The average Bonchev–Trinajstić information content (AvgIpc) is 3.09. The van der Waals surface area contributed by atoms with E-state index in [9.17, 15) is 4.79 Å². The second kappa shape index (κ2) is 8.20. The van der Waals surface area contributed by atoms with Gasteiger partial charge in [0.25, 0.3) is 0 Å². The van der Waals surface area contributed by atoms with Crippen LogP contribution < -0.4 is 14.8 Å². The van der Waals surface area contributed by atoms with Gasteiger partial charge in [-0.1, -0.05) is 0 Å². The van der Waals surface area contributed by atoms with E-state index in [1.54, 1.807) is 14.2 Å². The molecule has 0 spiro atoms. The molecule has 25 heavy (non-hydrogen) atoms. The molecular formula is C18H23N3O3S. The fourth-order valence-electron chi connectivity index (χ4n) is 2.88. The highest BCUT2D eigenvalue weighted by atomic mass is 32.1. The van der Waals surface area contributed by atoms with Crippen molar-refractivity contribution in [1.29, 1.82) is 0 Å². The number of hydrogen-bond donors (Lipinski definition) is 1. The minimum Gasteiger partial charge on any atom is -0.497 e. The van der Waals surface area contributed by atoms with Crippen LogP contribution in [0.25, 0.3) is 0 Å². The molecule has 0 unspecified atom stereocenters. The number of piperidine rings is 1. The van der Waals surface area contributed by atoms with Gasteiger partial charge in [-0.15, -0.1) is 11.3 Å². The van der Waals surface area contributed by atoms with Gasteiger partial charge in [-0.25, -0.2) is 4.98 Å². The highest BCUT2D eigenvalue weighted by Crippen LogP contribution is 2.32. The number of benzene rings is 1. The Morgan fingerprint density at radius 2 is 2.04 bits per heavy atom. The predicted molar refractivity (Wildman–Crippen MR) is 99.1 cm³/mol. The molecule has 3 rings (SSSR count). The number of hydrogen-bond acceptors (Lipinski definition) is 6. The van der Waals surface area contributed by atoms with Gasteiger partial charge in [-0.2, -0.15) is 0 Å². The van der Waals surface area contributed by atoms with E-state index in [0.717, 1.165) is 48.2 Å². The van der Waals surface area contributed by atoms with Crippen molar-refractivity contribution in [2.24, 2.45) is 0 Å². The molecular weight excluding hydrogens is 338 g/mol. The molecule has 1 fully saturated rings. The quantitative estimate of drug-likeness (QED) is 0.854. The first-order valence-electron chi connectivity index (χ1n) is 8.41. The van der Waals surface area contributed by atoms with Crippen LogP contribution >= 0.6 is 11.3 Å². The Hall–Kier alpha value is -2.28. The lowest BCUT2D eigenvalue weighted by Gasteiger charge is -2.26. The third kappa shape index (κ3) is 4.42. The maximum absolute atomic E-state index is 12.4. The molecule has 0 aliphatic carbocycles. The van der Waals surface area contributed by atoms with Gasteiger partial charge in [-0.05, 0) is 31.4 Å². The molecule has 0 atom stereocenters. The first kappa shape index (κ1) is 17.5. The number of methoxy groups -OCH3 is 2. The van der Waals surface area contributed by atoms with Crippen molar-refractivity contribution in [2.75, 3.05) is 32.6 Å². The third-order valence-electron chi connectivity index (χ3n) is 4.24. The van der Waals surface area contributed by atoms with Crippen molar-refractivity contribution >= 4 is 28.1 Å². The van der Waals surface area contributed by atoms with Gasteiger partial charge in [0.15, 0.2) is 5.13 Å². The Bertz CT molecular complexity index is 726. The monoisotopic (exact) mass is 361 g/mol. The zero-order valence-corrected chi connectivity index (χ0v) is 15.4. The van der Waals surface area contributed by atoms with E-state index in [1.165, 1.54) is 17.8 Å². The Kier molecular flexibility index (Phi) is 5.75. The fraction of sp³-hybridized carbons (Fsp3) is 0.444. The van der Waals surface area contributed by atoms with Crippen molar-refractivity contribution in [2.45, 2.75) is 25.7 Å². The largest absolute Gasteiger partial charge is 0.497 e. The summed E-state index contributed by atoms with van der Waals surface area (Å²) in [6.07, 6.45) is 3.78. The van der Waals surface area contributed by atoms with Gasteiger partial charge in [0.2, 0.25) is 5.91 Å². The van der Waals surface area contributed by atoms with Gasteiger partial charge < -0.3 is 19.7 Å². The van der Waals surface area contributed by atoms with Crippen LogP contribution in [0.5, 0.6) is 11.5 Å². The number of likely N-dealkylation sites (tertiary alicyclic amines) is 1. The van der Waals surface area contributed by atoms with E-state index in [-0.39, 0.29) is 5.91 Å². The highest BCUT2D eigenvalue weighted by Gasteiger charge is 2.18.